The number of hydrogen-bond donors (Lipinski definition) is 2. The molecule has 4 heteroatoms. The normalized spacial score (nSPS) is 19.3. The summed E-state index contributed by atoms with van der Waals surface area (Å²) in [4.78, 5) is 23.2. The number of hydrogen-bond acceptors (Lipinski definition) is 2. The predicted molar refractivity (Wildman–Crippen MR) is 72.0 cm³/mol. The number of nitrogens with one attached hydrogen (secondary N) is 1. The van der Waals surface area contributed by atoms with E-state index in [0.29, 0.717) is 6.42 Å². The number of rotatable bonds is 4. The minimum absolute atomic E-state index is 0.165. The number of aryl methyl sites for hydroxylation is 1. The van der Waals surface area contributed by atoms with Crippen molar-refractivity contribution in [2.45, 2.75) is 44.6 Å². The van der Waals surface area contributed by atoms with Gasteiger partial charge in [-0.1, -0.05) is 31.2 Å². The molecule has 4 nitrogen and oxygen atoms in total. The number of carboxylic acids is 1. The second kappa shape index (κ2) is 5.87. The van der Waals surface area contributed by atoms with Crippen molar-refractivity contribution in [3.63, 3.8) is 0 Å². The maximum absolute atomic E-state index is 12.3. The van der Waals surface area contributed by atoms with Crippen LogP contribution >= 0.6 is 0 Å². The molecule has 0 saturated heterocycles. The van der Waals surface area contributed by atoms with E-state index in [0.717, 1.165) is 24.8 Å². The molecule has 19 heavy (non-hydrogen) atoms. The zero-order valence-electron chi connectivity index (χ0n) is 11.1. The lowest BCUT2D eigenvalue weighted by atomic mass is 9.82. The predicted octanol–water partition coefficient (Wildman–Crippen LogP) is 2.09. The smallest absolute Gasteiger partial charge is 0.326 e. The maximum Gasteiger partial charge on any atom is 0.326 e. The molecule has 1 amide bonds. The Bertz CT molecular complexity index is 484. The zero-order valence-corrected chi connectivity index (χ0v) is 11.1. The van der Waals surface area contributed by atoms with Gasteiger partial charge in [0.25, 0.3) is 0 Å². The van der Waals surface area contributed by atoms with Crippen LogP contribution < -0.4 is 5.32 Å². The Kier molecular flexibility index (Phi) is 4.20. The first kappa shape index (κ1) is 13.6. The first-order chi connectivity index (χ1) is 9.13. The minimum Gasteiger partial charge on any atom is -0.480 e. The summed E-state index contributed by atoms with van der Waals surface area (Å²) in [6, 6.07) is 7.13. The molecule has 0 spiro atoms. The summed E-state index contributed by atoms with van der Waals surface area (Å²) in [7, 11) is 0. The van der Waals surface area contributed by atoms with Crippen molar-refractivity contribution in [1.29, 1.82) is 0 Å². The van der Waals surface area contributed by atoms with E-state index in [1.54, 1.807) is 6.92 Å². The Hall–Kier alpha value is -1.84. The van der Waals surface area contributed by atoms with Crippen LogP contribution in [0.15, 0.2) is 24.3 Å². The van der Waals surface area contributed by atoms with Crippen LogP contribution in [0.2, 0.25) is 0 Å². The molecule has 102 valence electrons. The van der Waals surface area contributed by atoms with Gasteiger partial charge >= 0.3 is 5.97 Å². The Labute approximate surface area is 112 Å². The number of carbonyl (C=O) groups excluding carboxylic acids is 1. The van der Waals surface area contributed by atoms with E-state index in [1.807, 2.05) is 24.3 Å². The minimum atomic E-state index is -0.972. The fraction of sp³-hybridized carbons (Fsp3) is 0.467. The average molecular weight is 261 g/mol. The third-order valence-electron chi connectivity index (χ3n) is 3.71. The number of carbonyl (C=O) groups is 2. The molecule has 1 aromatic carbocycles. The highest BCUT2D eigenvalue weighted by atomic mass is 16.4. The third-order valence-corrected chi connectivity index (χ3v) is 3.71. The lowest BCUT2D eigenvalue weighted by Crippen LogP contribution is -2.43. The van der Waals surface area contributed by atoms with Gasteiger partial charge in [0.1, 0.15) is 6.04 Å². The van der Waals surface area contributed by atoms with E-state index in [9.17, 15) is 9.59 Å². The summed E-state index contributed by atoms with van der Waals surface area (Å²) < 4.78 is 0. The van der Waals surface area contributed by atoms with Crippen molar-refractivity contribution >= 4 is 11.9 Å². The van der Waals surface area contributed by atoms with Crippen LogP contribution in [0.5, 0.6) is 0 Å². The molecule has 1 unspecified atom stereocenters. The van der Waals surface area contributed by atoms with Gasteiger partial charge < -0.3 is 10.4 Å². The molecule has 0 saturated carbocycles. The number of benzene rings is 1. The fourth-order valence-electron chi connectivity index (χ4n) is 2.64. The van der Waals surface area contributed by atoms with E-state index < -0.39 is 12.0 Å². The molecule has 1 aliphatic rings. The molecule has 1 aromatic rings. The fourth-order valence-corrected chi connectivity index (χ4v) is 2.64. The van der Waals surface area contributed by atoms with Gasteiger partial charge in [-0.05, 0) is 36.8 Å². The molecule has 2 atom stereocenters. The quantitative estimate of drug-likeness (QED) is 0.872. The second-order valence-electron chi connectivity index (χ2n) is 4.95. The summed E-state index contributed by atoms with van der Waals surface area (Å²) in [6.45, 7) is 1.76. The van der Waals surface area contributed by atoms with E-state index in [-0.39, 0.29) is 11.8 Å². The molecule has 0 fully saturated rings. The van der Waals surface area contributed by atoms with Crippen LogP contribution in [0.25, 0.3) is 0 Å². The third kappa shape index (κ3) is 2.95. The van der Waals surface area contributed by atoms with E-state index >= 15 is 0 Å². The van der Waals surface area contributed by atoms with Crippen molar-refractivity contribution in [3.05, 3.63) is 35.4 Å². The van der Waals surface area contributed by atoms with Crippen molar-refractivity contribution in [2.75, 3.05) is 0 Å². The van der Waals surface area contributed by atoms with Crippen LogP contribution in [0.3, 0.4) is 0 Å². The first-order valence-corrected chi connectivity index (χ1v) is 6.74. The van der Waals surface area contributed by atoms with Gasteiger partial charge in [-0.3, -0.25) is 4.79 Å². The zero-order chi connectivity index (χ0) is 13.8. The largest absolute Gasteiger partial charge is 0.480 e. The van der Waals surface area contributed by atoms with Crippen LogP contribution in [-0.2, 0) is 16.0 Å². The summed E-state index contributed by atoms with van der Waals surface area (Å²) in [5.41, 5.74) is 2.25. The monoisotopic (exact) mass is 261 g/mol. The number of carboxylic acid groups (broad SMARTS) is 1. The molecule has 0 radical (unpaired) electrons. The van der Waals surface area contributed by atoms with Gasteiger partial charge in [0.2, 0.25) is 5.91 Å². The van der Waals surface area contributed by atoms with Gasteiger partial charge in [0, 0.05) is 0 Å². The lowest BCUT2D eigenvalue weighted by molar-refractivity contribution is -0.142. The van der Waals surface area contributed by atoms with Crippen LogP contribution in [-0.4, -0.2) is 23.0 Å². The molecule has 0 heterocycles. The highest BCUT2D eigenvalue weighted by molar-refractivity contribution is 5.88. The molecule has 0 bridgehead atoms. The Morgan fingerprint density at radius 1 is 1.42 bits per heavy atom. The summed E-state index contributed by atoms with van der Waals surface area (Å²) >= 11 is 0. The van der Waals surface area contributed by atoms with Crippen LogP contribution in [0, 0.1) is 0 Å². The van der Waals surface area contributed by atoms with Crippen molar-refractivity contribution in [3.8, 4) is 0 Å². The average Bonchev–Trinajstić information content (AvgIpc) is 2.43. The Morgan fingerprint density at radius 3 is 2.84 bits per heavy atom. The molecular weight excluding hydrogens is 242 g/mol. The highest BCUT2D eigenvalue weighted by Gasteiger charge is 2.28. The molecule has 0 aliphatic heterocycles. The van der Waals surface area contributed by atoms with E-state index in [4.69, 9.17) is 5.11 Å². The highest BCUT2D eigenvalue weighted by Crippen LogP contribution is 2.31. The van der Waals surface area contributed by atoms with Gasteiger partial charge in [-0.25, -0.2) is 4.79 Å². The molecule has 1 aliphatic carbocycles. The molecule has 2 rings (SSSR count). The van der Waals surface area contributed by atoms with Crippen molar-refractivity contribution < 1.29 is 14.7 Å². The van der Waals surface area contributed by atoms with Crippen molar-refractivity contribution in [1.82, 2.24) is 5.32 Å². The van der Waals surface area contributed by atoms with Crippen LogP contribution in [0.1, 0.15) is 43.2 Å². The Morgan fingerprint density at radius 2 is 2.16 bits per heavy atom. The van der Waals surface area contributed by atoms with Gasteiger partial charge in [0.15, 0.2) is 0 Å². The maximum atomic E-state index is 12.3. The standard InChI is InChI=1S/C15H19NO3/c1-2-13(15(18)19)16-14(17)12-9-5-7-10-6-3-4-8-11(10)12/h3-4,6,8,12-13H,2,5,7,9H2,1H3,(H,16,17)(H,18,19)/t12?,13-/m1/s1. The van der Waals surface area contributed by atoms with Gasteiger partial charge in [0.05, 0.1) is 5.92 Å². The van der Waals surface area contributed by atoms with Gasteiger partial charge in [-0.15, -0.1) is 0 Å². The van der Waals surface area contributed by atoms with E-state index in [2.05, 4.69) is 5.32 Å². The SMILES string of the molecule is CC[C@@H](NC(=O)C1CCCc2ccccc21)C(=O)O. The first-order valence-electron chi connectivity index (χ1n) is 6.74. The van der Waals surface area contributed by atoms with Crippen molar-refractivity contribution in [2.24, 2.45) is 0 Å². The topological polar surface area (TPSA) is 66.4 Å². The Balaban J connectivity index is 2.15. The summed E-state index contributed by atoms with van der Waals surface area (Å²) in [6.07, 6.45) is 3.16. The lowest BCUT2D eigenvalue weighted by Gasteiger charge is -2.25. The summed E-state index contributed by atoms with van der Waals surface area (Å²) in [5, 5.41) is 11.6. The number of aliphatic carboxylic acids is 1. The van der Waals surface area contributed by atoms with Gasteiger partial charge in [-0.2, -0.15) is 0 Å². The van der Waals surface area contributed by atoms with Crippen LogP contribution in [0.4, 0.5) is 0 Å². The molecule has 0 aromatic heterocycles. The second-order valence-corrected chi connectivity index (χ2v) is 4.95. The number of amides is 1. The number of fused-ring (bicyclic) bond motifs is 1. The molecular formula is C15H19NO3. The molecule has 2 N–H and O–H groups in total. The van der Waals surface area contributed by atoms with E-state index in [1.165, 1.54) is 5.56 Å². The summed E-state index contributed by atoms with van der Waals surface area (Å²) in [5.74, 6) is -1.35.